The molecule has 7 heteroatoms. The molecule has 1 atom stereocenters. The number of rotatable bonds is 4. The van der Waals surface area contributed by atoms with E-state index in [1.165, 1.54) is 24.6 Å². The smallest absolute Gasteiger partial charge is 0.243 e. The van der Waals surface area contributed by atoms with E-state index in [0.29, 0.717) is 36.8 Å². The fourth-order valence-corrected chi connectivity index (χ4v) is 4.26. The minimum atomic E-state index is -3.58. The molecular weight excluding hydrogens is 294 g/mol. The Labute approximate surface area is 125 Å². The largest absolute Gasteiger partial charge is 0.493 e. The summed E-state index contributed by atoms with van der Waals surface area (Å²) < 4.78 is 42.9. The van der Waals surface area contributed by atoms with Gasteiger partial charge >= 0.3 is 0 Å². The first-order valence-electron chi connectivity index (χ1n) is 6.74. The van der Waals surface area contributed by atoms with E-state index >= 15 is 0 Å². The van der Waals surface area contributed by atoms with E-state index in [1.54, 1.807) is 13.0 Å². The van der Waals surface area contributed by atoms with Gasteiger partial charge in [-0.2, -0.15) is 4.31 Å². The van der Waals surface area contributed by atoms with E-state index in [2.05, 4.69) is 0 Å². The van der Waals surface area contributed by atoms with Gasteiger partial charge in [-0.3, -0.25) is 0 Å². The highest BCUT2D eigenvalue weighted by Gasteiger charge is 2.33. The van der Waals surface area contributed by atoms with Gasteiger partial charge in [0.05, 0.1) is 32.3 Å². The number of ether oxygens (including phenoxy) is 3. The average molecular weight is 315 g/mol. The molecule has 1 aromatic rings. The van der Waals surface area contributed by atoms with Crippen LogP contribution in [0.4, 0.5) is 0 Å². The Kier molecular flexibility index (Phi) is 4.75. The topological polar surface area (TPSA) is 65.1 Å². The van der Waals surface area contributed by atoms with Crippen LogP contribution in [0.5, 0.6) is 11.5 Å². The Balaban J connectivity index is 2.49. The summed E-state index contributed by atoms with van der Waals surface area (Å²) >= 11 is 0. The number of aryl methyl sites for hydroxylation is 1. The van der Waals surface area contributed by atoms with Crippen LogP contribution < -0.4 is 9.47 Å². The number of nitrogens with zero attached hydrogens (tertiary/aromatic N) is 1. The molecule has 2 rings (SSSR count). The molecule has 1 saturated heterocycles. The number of morpholine rings is 1. The van der Waals surface area contributed by atoms with Crippen LogP contribution in [-0.4, -0.2) is 52.7 Å². The van der Waals surface area contributed by atoms with Gasteiger partial charge in [-0.15, -0.1) is 0 Å². The fraction of sp³-hybridized carbons (Fsp3) is 0.571. The number of sulfonamides is 1. The van der Waals surface area contributed by atoms with Gasteiger partial charge in [0, 0.05) is 18.7 Å². The third-order valence-corrected chi connectivity index (χ3v) is 5.73. The molecule has 1 heterocycles. The first-order chi connectivity index (χ1) is 9.91. The number of hydrogen-bond donors (Lipinski definition) is 0. The van der Waals surface area contributed by atoms with Crippen LogP contribution in [0.3, 0.4) is 0 Å². The van der Waals surface area contributed by atoms with Crippen LogP contribution in [-0.2, 0) is 14.8 Å². The normalized spacial score (nSPS) is 20.3. The van der Waals surface area contributed by atoms with Gasteiger partial charge in [-0.05, 0) is 25.5 Å². The molecular formula is C14H21NO5S. The molecule has 1 aliphatic rings. The lowest BCUT2D eigenvalue weighted by Crippen LogP contribution is -2.47. The third kappa shape index (κ3) is 3.00. The molecule has 0 unspecified atom stereocenters. The summed E-state index contributed by atoms with van der Waals surface area (Å²) in [4.78, 5) is 0.244. The van der Waals surface area contributed by atoms with Gasteiger partial charge in [0.25, 0.3) is 0 Å². The molecule has 0 radical (unpaired) electrons. The molecule has 118 valence electrons. The maximum atomic E-state index is 12.9. The predicted octanol–water partition coefficient (Wildman–Crippen LogP) is 1.42. The zero-order valence-corrected chi connectivity index (χ0v) is 13.6. The Hall–Kier alpha value is -1.31. The van der Waals surface area contributed by atoms with Crippen molar-refractivity contribution in [3.63, 3.8) is 0 Å². The van der Waals surface area contributed by atoms with E-state index < -0.39 is 10.0 Å². The Morgan fingerprint density at radius 3 is 2.43 bits per heavy atom. The molecule has 0 N–H and O–H groups in total. The molecule has 1 fully saturated rings. The van der Waals surface area contributed by atoms with Gasteiger partial charge in [0.15, 0.2) is 11.5 Å². The lowest BCUT2D eigenvalue weighted by Gasteiger charge is -2.32. The molecule has 1 aromatic carbocycles. The van der Waals surface area contributed by atoms with E-state index in [0.717, 1.165) is 0 Å². The SMILES string of the molecule is COc1cc(C)c(S(=O)(=O)N2CCOC[C@H]2C)cc1OC. The Morgan fingerprint density at radius 1 is 1.24 bits per heavy atom. The van der Waals surface area contributed by atoms with Crippen molar-refractivity contribution < 1.29 is 22.6 Å². The molecule has 0 saturated carbocycles. The van der Waals surface area contributed by atoms with E-state index in [4.69, 9.17) is 14.2 Å². The highest BCUT2D eigenvalue weighted by molar-refractivity contribution is 7.89. The maximum Gasteiger partial charge on any atom is 0.243 e. The number of benzene rings is 1. The standard InChI is InChI=1S/C14H21NO5S/c1-10-7-12(18-3)13(19-4)8-14(10)21(16,17)15-5-6-20-9-11(15)2/h7-8,11H,5-6,9H2,1-4H3/t11-/m1/s1. The minimum absolute atomic E-state index is 0.184. The molecule has 0 aromatic heterocycles. The van der Waals surface area contributed by atoms with E-state index in [1.807, 2.05) is 6.92 Å². The number of hydrogen-bond acceptors (Lipinski definition) is 5. The average Bonchev–Trinajstić information content (AvgIpc) is 2.46. The van der Waals surface area contributed by atoms with Crippen molar-refractivity contribution >= 4 is 10.0 Å². The van der Waals surface area contributed by atoms with Crippen LogP contribution in [0.25, 0.3) is 0 Å². The second-order valence-corrected chi connectivity index (χ2v) is 6.87. The summed E-state index contributed by atoms with van der Waals surface area (Å²) in [5.41, 5.74) is 0.631. The lowest BCUT2D eigenvalue weighted by atomic mass is 10.2. The monoisotopic (exact) mass is 315 g/mol. The summed E-state index contributed by atoms with van der Waals surface area (Å²) in [5.74, 6) is 0.923. The van der Waals surface area contributed by atoms with Crippen LogP contribution in [0.1, 0.15) is 12.5 Å². The molecule has 0 bridgehead atoms. The fourth-order valence-electron chi connectivity index (χ4n) is 2.44. The lowest BCUT2D eigenvalue weighted by molar-refractivity contribution is 0.0392. The second-order valence-electron chi connectivity index (χ2n) is 5.01. The van der Waals surface area contributed by atoms with Crippen molar-refractivity contribution in [3.8, 4) is 11.5 Å². The van der Waals surface area contributed by atoms with Gasteiger partial charge in [0.1, 0.15) is 0 Å². The van der Waals surface area contributed by atoms with E-state index in [-0.39, 0.29) is 10.9 Å². The van der Waals surface area contributed by atoms with Gasteiger partial charge < -0.3 is 14.2 Å². The third-order valence-electron chi connectivity index (χ3n) is 3.57. The Bertz CT molecular complexity index is 614. The van der Waals surface area contributed by atoms with Crippen molar-refractivity contribution in [1.82, 2.24) is 4.31 Å². The zero-order valence-electron chi connectivity index (χ0n) is 12.8. The highest BCUT2D eigenvalue weighted by Crippen LogP contribution is 2.34. The molecule has 0 amide bonds. The summed E-state index contributed by atoms with van der Waals surface area (Å²) in [6, 6.07) is 3.01. The van der Waals surface area contributed by atoms with Crippen molar-refractivity contribution in [3.05, 3.63) is 17.7 Å². The summed E-state index contributed by atoms with van der Waals surface area (Å²) in [6.07, 6.45) is 0. The van der Waals surface area contributed by atoms with Crippen molar-refractivity contribution in [1.29, 1.82) is 0 Å². The quantitative estimate of drug-likeness (QED) is 0.841. The number of methoxy groups -OCH3 is 2. The van der Waals surface area contributed by atoms with Gasteiger partial charge in [0.2, 0.25) is 10.0 Å². The zero-order chi connectivity index (χ0) is 15.6. The molecule has 21 heavy (non-hydrogen) atoms. The summed E-state index contributed by atoms with van der Waals surface area (Å²) in [7, 11) is -0.571. The molecule has 0 aliphatic carbocycles. The van der Waals surface area contributed by atoms with Gasteiger partial charge in [-0.1, -0.05) is 0 Å². The first-order valence-corrected chi connectivity index (χ1v) is 8.18. The van der Waals surface area contributed by atoms with Crippen molar-refractivity contribution in [2.45, 2.75) is 24.8 Å². The predicted molar refractivity (Wildman–Crippen MR) is 78.5 cm³/mol. The molecule has 0 spiro atoms. The van der Waals surface area contributed by atoms with Crippen molar-refractivity contribution in [2.24, 2.45) is 0 Å². The van der Waals surface area contributed by atoms with Crippen molar-refractivity contribution in [2.75, 3.05) is 34.0 Å². The molecule has 6 nitrogen and oxygen atoms in total. The van der Waals surface area contributed by atoms with Crippen LogP contribution in [0.15, 0.2) is 17.0 Å². The maximum absolute atomic E-state index is 12.9. The van der Waals surface area contributed by atoms with Crippen LogP contribution in [0, 0.1) is 6.92 Å². The highest BCUT2D eigenvalue weighted by atomic mass is 32.2. The second kappa shape index (κ2) is 6.21. The van der Waals surface area contributed by atoms with Crippen LogP contribution in [0.2, 0.25) is 0 Å². The summed E-state index contributed by atoms with van der Waals surface area (Å²) in [5, 5.41) is 0. The van der Waals surface area contributed by atoms with Crippen LogP contribution >= 0.6 is 0 Å². The Morgan fingerprint density at radius 2 is 1.86 bits per heavy atom. The minimum Gasteiger partial charge on any atom is -0.493 e. The first kappa shape index (κ1) is 16.1. The van der Waals surface area contributed by atoms with E-state index in [9.17, 15) is 8.42 Å². The summed E-state index contributed by atoms with van der Waals surface area (Å²) in [6.45, 7) is 4.77. The van der Waals surface area contributed by atoms with Gasteiger partial charge in [-0.25, -0.2) is 8.42 Å². The molecule has 1 aliphatic heterocycles.